The van der Waals surface area contributed by atoms with Gasteiger partial charge in [0.05, 0.1) is 0 Å². The average Bonchev–Trinajstić information content (AvgIpc) is 2.63. The quantitative estimate of drug-likeness (QED) is 0.102. The van der Waals surface area contributed by atoms with Crippen molar-refractivity contribution in [2.45, 2.75) is 112 Å². The van der Waals surface area contributed by atoms with Gasteiger partial charge in [0.15, 0.2) is 0 Å². The molecule has 0 aliphatic heterocycles. The molecule has 158 valence electrons. The molecule has 0 saturated carbocycles. The Morgan fingerprint density at radius 2 is 0.962 bits per heavy atom. The van der Waals surface area contributed by atoms with Crippen molar-refractivity contribution in [2.24, 2.45) is 0 Å². The molecule has 0 atom stereocenters. The molecule has 0 aliphatic carbocycles. The zero-order chi connectivity index (χ0) is 19.7. The van der Waals surface area contributed by atoms with Gasteiger partial charge >= 0.3 is 168 Å². The van der Waals surface area contributed by atoms with Crippen molar-refractivity contribution >= 4 is 26.6 Å². The Balaban J connectivity index is 5.31. The molecule has 0 rings (SSSR count). The van der Waals surface area contributed by atoms with Crippen LogP contribution in [0, 0.1) is 0 Å². The van der Waals surface area contributed by atoms with Crippen LogP contribution >= 0.6 is 7.82 Å². The van der Waals surface area contributed by atoms with E-state index < -0.39 is 26.6 Å². The first-order chi connectivity index (χ1) is 12.5. The summed E-state index contributed by atoms with van der Waals surface area (Å²) in [5.74, 6) is 0. The first-order valence-corrected chi connectivity index (χ1v) is 19.8. The van der Waals surface area contributed by atoms with E-state index in [2.05, 4.69) is 34.6 Å². The van der Waals surface area contributed by atoms with Crippen molar-refractivity contribution in [3.05, 3.63) is 0 Å². The zero-order valence-corrected chi connectivity index (χ0v) is 21.9. The number of phosphoric acid groups is 1. The van der Waals surface area contributed by atoms with Gasteiger partial charge in [0.2, 0.25) is 0 Å². The van der Waals surface area contributed by atoms with E-state index in [1.54, 1.807) is 0 Å². The summed E-state index contributed by atoms with van der Waals surface area (Å²) < 4.78 is 35.0. The Morgan fingerprint density at radius 1 is 0.615 bits per heavy atom. The van der Waals surface area contributed by atoms with Gasteiger partial charge in [-0.25, -0.2) is 0 Å². The second-order valence-corrected chi connectivity index (χ2v) is 21.6. The summed E-state index contributed by atoms with van der Waals surface area (Å²) in [4.78, 5) is 0. The van der Waals surface area contributed by atoms with Gasteiger partial charge in [-0.1, -0.05) is 0 Å². The van der Waals surface area contributed by atoms with Crippen LogP contribution in [0.25, 0.3) is 0 Å². The van der Waals surface area contributed by atoms with Gasteiger partial charge in [0.1, 0.15) is 0 Å². The molecule has 0 N–H and O–H groups in total. The number of hydrogen-bond acceptors (Lipinski definition) is 4. The first-order valence-electron chi connectivity index (χ1n) is 11.1. The van der Waals surface area contributed by atoms with Gasteiger partial charge in [-0.2, -0.15) is 0 Å². The molecule has 6 heteroatoms. The van der Waals surface area contributed by atoms with Crippen LogP contribution in [-0.4, -0.2) is 32.0 Å². The van der Waals surface area contributed by atoms with Crippen LogP contribution < -0.4 is 0 Å². The topological polar surface area (TPSA) is 44.8 Å². The Kier molecular flexibility index (Phi) is 17.4. The zero-order valence-electron chi connectivity index (χ0n) is 18.2. The number of hydrogen-bond donors (Lipinski definition) is 0. The minimum atomic E-state index is -3.43. The van der Waals surface area contributed by atoms with Crippen LogP contribution in [-0.2, 0) is 16.5 Å². The summed E-state index contributed by atoms with van der Waals surface area (Å²) in [5, 5.41) is 0. The molecule has 0 spiro atoms. The van der Waals surface area contributed by atoms with Crippen molar-refractivity contribution in [1.29, 1.82) is 0 Å². The second-order valence-electron chi connectivity index (χ2n) is 7.41. The Bertz CT molecular complexity index is 330. The predicted molar refractivity (Wildman–Crippen MR) is 115 cm³/mol. The van der Waals surface area contributed by atoms with Crippen LogP contribution in [0.2, 0.25) is 13.3 Å². The van der Waals surface area contributed by atoms with Crippen molar-refractivity contribution in [3.8, 4) is 0 Å². The first kappa shape index (κ1) is 26.9. The van der Waals surface area contributed by atoms with E-state index in [0.29, 0.717) is 13.2 Å². The van der Waals surface area contributed by atoms with Crippen LogP contribution in [0.3, 0.4) is 0 Å². The van der Waals surface area contributed by atoms with Gasteiger partial charge in [0, 0.05) is 0 Å². The summed E-state index contributed by atoms with van der Waals surface area (Å²) in [5.41, 5.74) is 0. The summed E-state index contributed by atoms with van der Waals surface area (Å²) in [6.45, 7) is 11.8. The summed E-state index contributed by atoms with van der Waals surface area (Å²) >= 11 is -3.02. The van der Waals surface area contributed by atoms with E-state index in [1.165, 1.54) is 19.3 Å². The van der Waals surface area contributed by atoms with Gasteiger partial charge in [-0.3, -0.25) is 0 Å². The van der Waals surface area contributed by atoms with Crippen LogP contribution in [0.4, 0.5) is 0 Å². The normalized spacial score (nSPS) is 12.7. The van der Waals surface area contributed by atoms with Crippen molar-refractivity contribution < 1.29 is 16.5 Å². The molecule has 0 bridgehead atoms. The predicted octanol–water partition coefficient (Wildman–Crippen LogP) is 8.09. The van der Waals surface area contributed by atoms with Gasteiger partial charge < -0.3 is 0 Å². The molecule has 0 aromatic carbocycles. The summed E-state index contributed by atoms with van der Waals surface area (Å²) in [6, 6.07) is 0. The molecule has 0 heterocycles. The molecule has 0 fully saturated rings. The fourth-order valence-corrected chi connectivity index (χ4v) is 22.6. The second kappa shape index (κ2) is 16.8. The van der Waals surface area contributed by atoms with E-state index in [4.69, 9.17) is 11.9 Å². The third kappa shape index (κ3) is 12.4. The van der Waals surface area contributed by atoms with Gasteiger partial charge in [-0.05, 0) is 0 Å². The van der Waals surface area contributed by atoms with E-state index in [0.717, 1.165) is 58.3 Å². The molecule has 0 aliphatic rings. The maximum absolute atomic E-state index is 13.5. The number of phosphoric ester groups is 1. The molecule has 0 saturated heterocycles. The van der Waals surface area contributed by atoms with Crippen molar-refractivity contribution in [2.75, 3.05) is 13.2 Å². The minimum absolute atomic E-state index is 0.469. The molecule has 26 heavy (non-hydrogen) atoms. The fourth-order valence-electron chi connectivity index (χ4n) is 2.98. The molecule has 0 amide bonds. The average molecular weight is 499 g/mol. The maximum atomic E-state index is 13.5. The Hall–Kier alpha value is 0.909. The van der Waals surface area contributed by atoms with E-state index in [1.807, 2.05) is 0 Å². The SMILES string of the molecule is CCCCOP(=O)(OCCCC)[O][Sn]([CH2]CCC)([CH2]CCC)[CH2]CCC. The van der Waals surface area contributed by atoms with Crippen LogP contribution in [0.5, 0.6) is 0 Å². The Labute approximate surface area is 168 Å². The number of unbranched alkanes of at least 4 members (excludes halogenated alkanes) is 5. The summed E-state index contributed by atoms with van der Waals surface area (Å²) in [7, 11) is -3.43. The van der Waals surface area contributed by atoms with Crippen LogP contribution in [0.1, 0.15) is 98.8 Å². The number of rotatable bonds is 19. The van der Waals surface area contributed by atoms with Gasteiger partial charge in [0.25, 0.3) is 0 Å². The van der Waals surface area contributed by atoms with Gasteiger partial charge in [-0.15, -0.1) is 0 Å². The monoisotopic (exact) mass is 500 g/mol. The molecule has 4 nitrogen and oxygen atoms in total. The van der Waals surface area contributed by atoms with Crippen LogP contribution in [0.15, 0.2) is 0 Å². The van der Waals surface area contributed by atoms with E-state index >= 15 is 0 Å². The molecule has 0 aromatic rings. The van der Waals surface area contributed by atoms with E-state index in [9.17, 15) is 4.57 Å². The molecule has 0 unspecified atom stereocenters. The Morgan fingerprint density at radius 3 is 1.27 bits per heavy atom. The fraction of sp³-hybridized carbons (Fsp3) is 1.00. The van der Waals surface area contributed by atoms with E-state index in [-0.39, 0.29) is 0 Å². The molecular weight excluding hydrogens is 454 g/mol. The molecule has 0 aromatic heterocycles. The molecular formula is C20H45O4PSn. The van der Waals surface area contributed by atoms with Crippen molar-refractivity contribution in [1.82, 2.24) is 0 Å². The molecule has 0 radical (unpaired) electrons. The third-order valence-corrected chi connectivity index (χ3v) is 22.4. The van der Waals surface area contributed by atoms with Crippen molar-refractivity contribution in [3.63, 3.8) is 0 Å². The third-order valence-electron chi connectivity index (χ3n) is 4.76. The summed E-state index contributed by atoms with van der Waals surface area (Å²) in [6.07, 6.45) is 10.8. The standard InChI is InChI=1S/C8H19O4P.3C4H9.Sn/c1-3-5-7-11-13(9,10)12-8-6-4-2;3*1-3-4-2;/h3-8H2,1-2H3,(H,9,10);3*1,3-4H2,2H3;/q;;;;+1/p-1.